The van der Waals surface area contributed by atoms with Crippen LogP contribution in [0.2, 0.25) is 0 Å². The van der Waals surface area contributed by atoms with Crippen LogP contribution in [0.1, 0.15) is 23.0 Å². The molecule has 0 unspecified atom stereocenters. The van der Waals surface area contributed by atoms with Crippen molar-refractivity contribution in [3.8, 4) is 0 Å². The van der Waals surface area contributed by atoms with Crippen molar-refractivity contribution < 1.29 is 9.53 Å². The van der Waals surface area contributed by atoms with Crippen LogP contribution < -0.4 is 0 Å². The summed E-state index contributed by atoms with van der Waals surface area (Å²) in [4.78, 5) is 14.3. The lowest BCUT2D eigenvalue weighted by molar-refractivity contribution is 0.0371. The normalized spacial score (nSPS) is 17.3. The average Bonchev–Trinajstić information content (AvgIpc) is 2.72. The Morgan fingerprint density at radius 1 is 1.47 bits per heavy atom. The molecule has 0 radical (unpaired) electrons. The summed E-state index contributed by atoms with van der Waals surface area (Å²) in [5.41, 5.74) is 1.57. The highest BCUT2D eigenvalue weighted by Gasteiger charge is 2.18. The molecule has 94 valence electrons. The second kappa shape index (κ2) is 5.42. The number of carbonyl (C=O) groups excluding carboxylic acids is 1. The number of ketones is 1. The van der Waals surface area contributed by atoms with E-state index in [0.717, 1.165) is 44.1 Å². The average molecular weight is 237 g/mol. The largest absolute Gasteiger partial charge is 0.379 e. The van der Waals surface area contributed by atoms with Gasteiger partial charge in [0.05, 0.1) is 31.0 Å². The Balaban J connectivity index is 2.00. The molecule has 1 saturated heterocycles. The van der Waals surface area contributed by atoms with Crippen molar-refractivity contribution in [3.63, 3.8) is 0 Å². The Bertz CT molecular complexity index is 394. The predicted octanol–water partition coefficient (Wildman–Crippen LogP) is 0.726. The minimum atomic E-state index is 0.157. The third-order valence-electron chi connectivity index (χ3n) is 3.04. The van der Waals surface area contributed by atoms with Crippen molar-refractivity contribution in [2.24, 2.45) is 0 Å². The number of morpholine rings is 1. The summed E-state index contributed by atoms with van der Waals surface area (Å²) < 4.78 is 7.07. The second-order valence-electron chi connectivity index (χ2n) is 4.30. The molecule has 2 heterocycles. The molecule has 1 aliphatic rings. The zero-order valence-corrected chi connectivity index (χ0v) is 10.5. The van der Waals surface area contributed by atoms with Crippen LogP contribution in [-0.2, 0) is 11.3 Å². The first-order chi connectivity index (χ1) is 8.20. The van der Waals surface area contributed by atoms with Gasteiger partial charge in [0.2, 0.25) is 0 Å². The zero-order chi connectivity index (χ0) is 12.3. The van der Waals surface area contributed by atoms with Crippen molar-refractivity contribution in [3.05, 3.63) is 17.5 Å². The molecule has 0 bridgehead atoms. The Hall–Kier alpha value is -1.20. The van der Waals surface area contributed by atoms with Gasteiger partial charge in [-0.2, -0.15) is 5.10 Å². The Morgan fingerprint density at radius 3 is 2.76 bits per heavy atom. The van der Waals surface area contributed by atoms with E-state index in [-0.39, 0.29) is 5.78 Å². The smallest absolute Gasteiger partial charge is 0.180 e. The van der Waals surface area contributed by atoms with E-state index in [4.69, 9.17) is 4.74 Å². The van der Waals surface area contributed by atoms with Gasteiger partial charge in [-0.25, -0.2) is 0 Å². The summed E-state index contributed by atoms with van der Waals surface area (Å²) in [5.74, 6) is 0.157. The third-order valence-corrected chi connectivity index (χ3v) is 3.04. The van der Waals surface area contributed by atoms with E-state index in [1.54, 1.807) is 0 Å². The quantitative estimate of drug-likeness (QED) is 0.724. The monoisotopic (exact) mass is 237 g/mol. The third kappa shape index (κ3) is 2.92. The Labute approximate surface area is 101 Å². The molecule has 1 aromatic heterocycles. The van der Waals surface area contributed by atoms with Gasteiger partial charge in [0.25, 0.3) is 0 Å². The highest BCUT2D eigenvalue weighted by atomic mass is 16.5. The molecule has 0 amide bonds. The number of carbonyl (C=O) groups is 1. The molecular formula is C12H19N3O2. The van der Waals surface area contributed by atoms with Gasteiger partial charge in [-0.1, -0.05) is 0 Å². The molecule has 1 aromatic rings. The topological polar surface area (TPSA) is 47.4 Å². The van der Waals surface area contributed by atoms with Crippen LogP contribution in [0.5, 0.6) is 0 Å². The maximum Gasteiger partial charge on any atom is 0.180 e. The van der Waals surface area contributed by atoms with Gasteiger partial charge in [-0.05, 0) is 13.8 Å². The molecular weight excluding hydrogens is 218 g/mol. The molecule has 0 aliphatic carbocycles. The lowest BCUT2D eigenvalue weighted by Gasteiger charge is -2.25. The molecule has 5 heteroatoms. The van der Waals surface area contributed by atoms with Gasteiger partial charge >= 0.3 is 0 Å². The SMILES string of the molecule is CCn1cc(C(=O)CN2CCOCC2)c(C)n1. The number of aromatic nitrogens is 2. The molecule has 0 spiro atoms. The van der Waals surface area contributed by atoms with Crippen molar-refractivity contribution in [2.45, 2.75) is 20.4 Å². The Kier molecular flexibility index (Phi) is 3.91. The number of Topliss-reactive ketones (excluding diaryl/α,β-unsaturated/α-hetero) is 1. The minimum absolute atomic E-state index is 0.157. The lowest BCUT2D eigenvalue weighted by atomic mass is 10.1. The van der Waals surface area contributed by atoms with Crippen LogP contribution in [0.4, 0.5) is 0 Å². The van der Waals surface area contributed by atoms with Crippen LogP contribution >= 0.6 is 0 Å². The maximum atomic E-state index is 12.1. The molecule has 2 rings (SSSR count). The fraction of sp³-hybridized carbons (Fsp3) is 0.667. The lowest BCUT2D eigenvalue weighted by Crippen LogP contribution is -2.39. The van der Waals surface area contributed by atoms with Gasteiger partial charge in [0.1, 0.15) is 0 Å². The fourth-order valence-electron chi connectivity index (χ4n) is 2.00. The molecule has 1 aliphatic heterocycles. The predicted molar refractivity (Wildman–Crippen MR) is 64.2 cm³/mol. The first kappa shape index (κ1) is 12.3. The number of rotatable bonds is 4. The number of hydrogen-bond donors (Lipinski definition) is 0. The highest BCUT2D eigenvalue weighted by Crippen LogP contribution is 2.08. The van der Waals surface area contributed by atoms with Crippen LogP contribution in [0.3, 0.4) is 0 Å². The van der Waals surface area contributed by atoms with E-state index < -0.39 is 0 Å². The van der Waals surface area contributed by atoms with Gasteiger partial charge < -0.3 is 4.74 Å². The second-order valence-corrected chi connectivity index (χ2v) is 4.30. The van der Waals surface area contributed by atoms with E-state index in [2.05, 4.69) is 10.00 Å². The molecule has 0 aromatic carbocycles. The van der Waals surface area contributed by atoms with Gasteiger partial charge in [-0.3, -0.25) is 14.4 Å². The van der Waals surface area contributed by atoms with Crippen molar-refractivity contribution in [2.75, 3.05) is 32.8 Å². The fourth-order valence-corrected chi connectivity index (χ4v) is 2.00. The van der Waals surface area contributed by atoms with Gasteiger partial charge in [0, 0.05) is 25.8 Å². The number of aryl methyl sites for hydroxylation is 2. The maximum absolute atomic E-state index is 12.1. The van der Waals surface area contributed by atoms with Crippen molar-refractivity contribution in [1.82, 2.24) is 14.7 Å². The van der Waals surface area contributed by atoms with Crippen LogP contribution in [-0.4, -0.2) is 53.3 Å². The molecule has 1 fully saturated rings. The summed E-state index contributed by atoms with van der Waals surface area (Å²) >= 11 is 0. The summed E-state index contributed by atoms with van der Waals surface area (Å²) in [6.07, 6.45) is 1.85. The Morgan fingerprint density at radius 2 is 2.18 bits per heavy atom. The van der Waals surface area contributed by atoms with Crippen molar-refractivity contribution >= 4 is 5.78 Å². The van der Waals surface area contributed by atoms with Gasteiger partial charge in [0.15, 0.2) is 5.78 Å². The van der Waals surface area contributed by atoms with E-state index in [9.17, 15) is 4.79 Å². The van der Waals surface area contributed by atoms with Crippen LogP contribution in [0, 0.1) is 6.92 Å². The standard InChI is InChI=1S/C12H19N3O2/c1-3-15-8-11(10(2)13-15)12(16)9-14-4-6-17-7-5-14/h8H,3-7,9H2,1-2H3. The molecule has 0 saturated carbocycles. The molecule has 0 atom stereocenters. The zero-order valence-electron chi connectivity index (χ0n) is 10.5. The number of hydrogen-bond acceptors (Lipinski definition) is 4. The first-order valence-electron chi connectivity index (χ1n) is 6.08. The minimum Gasteiger partial charge on any atom is -0.379 e. The summed E-state index contributed by atoms with van der Waals surface area (Å²) in [5, 5.41) is 4.30. The van der Waals surface area contributed by atoms with E-state index in [1.165, 1.54) is 0 Å². The van der Waals surface area contributed by atoms with Crippen molar-refractivity contribution in [1.29, 1.82) is 0 Å². The van der Waals surface area contributed by atoms with E-state index in [0.29, 0.717) is 6.54 Å². The summed E-state index contributed by atoms with van der Waals surface area (Å²) in [7, 11) is 0. The van der Waals surface area contributed by atoms with E-state index in [1.807, 2.05) is 24.7 Å². The highest BCUT2D eigenvalue weighted by molar-refractivity contribution is 5.98. The van der Waals surface area contributed by atoms with E-state index >= 15 is 0 Å². The first-order valence-corrected chi connectivity index (χ1v) is 6.08. The molecule has 5 nitrogen and oxygen atoms in total. The molecule has 0 N–H and O–H groups in total. The molecule has 17 heavy (non-hydrogen) atoms. The summed E-state index contributed by atoms with van der Waals surface area (Å²) in [6, 6.07) is 0. The summed E-state index contributed by atoms with van der Waals surface area (Å²) in [6.45, 7) is 8.30. The van der Waals surface area contributed by atoms with Crippen LogP contribution in [0.25, 0.3) is 0 Å². The van der Waals surface area contributed by atoms with Crippen LogP contribution in [0.15, 0.2) is 6.20 Å². The number of nitrogens with zero attached hydrogens (tertiary/aromatic N) is 3. The number of ether oxygens (including phenoxy) is 1. The van der Waals surface area contributed by atoms with Gasteiger partial charge in [-0.15, -0.1) is 0 Å².